The van der Waals surface area contributed by atoms with E-state index in [1.165, 1.54) is 12.8 Å². The van der Waals surface area contributed by atoms with Gasteiger partial charge < -0.3 is 10.0 Å². The van der Waals surface area contributed by atoms with Crippen LogP contribution in [-0.2, 0) is 11.2 Å². The highest BCUT2D eigenvalue weighted by Crippen LogP contribution is 2.32. The lowest BCUT2D eigenvalue weighted by Crippen LogP contribution is -2.28. The fourth-order valence-electron chi connectivity index (χ4n) is 2.16. The van der Waals surface area contributed by atoms with Gasteiger partial charge in [-0.15, -0.1) is 0 Å². The van der Waals surface area contributed by atoms with Crippen LogP contribution >= 0.6 is 0 Å². The Morgan fingerprint density at radius 1 is 1.25 bits per heavy atom. The van der Waals surface area contributed by atoms with Crippen molar-refractivity contribution in [3.8, 4) is 0 Å². The highest BCUT2D eigenvalue weighted by molar-refractivity contribution is 5.87. The minimum atomic E-state index is -0.924. The molecule has 1 aromatic rings. The molecule has 0 atom stereocenters. The summed E-state index contributed by atoms with van der Waals surface area (Å²) in [7, 11) is 1.86. The van der Waals surface area contributed by atoms with Gasteiger partial charge in [-0.3, -0.25) is 4.79 Å². The number of carbonyl (C=O) groups excluding carboxylic acids is 1. The van der Waals surface area contributed by atoms with E-state index in [4.69, 9.17) is 5.11 Å². The number of rotatable bonds is 7. The summed E-state index contributed by atoms with van der Waals surface area (Å²) in [5.41, 5.74) is 1.28. The summed E-state index contributed by atoms with van der Waals surface area (Å²) < 4.78 is 0. The monoisotopic (exact) mass is 275 g/mol. The van der Waals surface area contributed by atoms with Crippen LogP contribution in [0, 0.1) is 5.92 Å². The zero-order chi connectivity index (χ0) is 14.5. The molecule has 1 aromatic carbocycles. The van der Waals surface area contributed by atoms with Gasteiger partial charge in [0.05, 0.1) is 5.56 Å². The Labute approximate surface area is 119 Å². The molecule has 0 radical (unpaired) electrons. The predicted octanol–water partition coefficient (Wildman–Crippen LogP) is 2.58. The van der Waals surface area contributed by atoms with E-state index in [1.807, 2.05) is 11.9 Å². The second-order valence-electron chi connectivity index (χ2n) is 5.55. The first-order valence-electron chi connectivity index (χ1n) is 7.12. The third-order valence-corrected chi connectivity index (χ3v) is 3.82. The van der Waals surface area contributed by atoms with Crippen LogP contribution in [0.2, 0.25) is 0 Å². The summed E-state index contributed by atoms with van der Waals surface area (Å²) in [5.74, 6) is 0.0780. The number of hydrogen-bond acceptors (Lipinski definition) is 2. The third kappa shape index (κ3) is 4.37. The largest absolute Gasteiger partial charge is 0.478 e. The lowest BCUT2D eigenvalue weighted by Gasteiger charge is -2.16. The van der Waals surface area contributed by atoms with Crippen LogP contribution < -0.4 is 0 Å². The number of hydrogen-bond donors (Lipinski definition) is 1. The number of amides is 1. The Morgan fingerprint density at radius 3 is 2.45 bits per heavy atom. The number of benzene rings is 1. The van der Waals surface area contributed by atoms with Gasteiger partial charge in [-0.2, -0.15) is 0 Å². The smallest absolute Gasteiger partial charge is 0.335 e. The van der Waals surface area contributed by atoms with Gasteiger partial charge in [0.25, 0.3) is 0 Å². The van der Waals surface area contributed by atoms with Crippen LogP contribution in [0.15, 0.2) is 24.3 Å². The van der Waals surface area contributed by atoms with E-state index >= 15 is 0 Å². The van der Waals surface area contributed by atoms with Crippen LogP contribution in [0.5, 0.6) is 0 Å². The topological polar surface area (TPSA) is 57.6 Å². The van der Waals surface area contributed by atoms with Crippen molar-refractivity contribution in [2.45, 2.75) is 32.1 Å². The Bertz CT molecular complexity index is 477. The molecule has 1 amide bonds. The van der Waals surface area contributed by atoms with E-state index in [2.05, 4.69) is 0 Å². The molecule has 0 bridgehead atoms. The highest BCUT2D eigenvalue weighted by atomic mass is 16.4. The van der Waals surface area contributed by atoms with Crippen LogP contribution in [0.25, 0.3) is 0 Å². The molecule has 1 saturated carbocycles. The maximum Gasteiger partial charge on any atom is 0.335 e. The summed E-state index contributed by atoms with van der Waals surface area (Å²) in [6.45, 7) is 0.849. The molecule has 0 aromatic heterocycles. The molecule has 1 aliphatic rings. The lowest BCUT2D eigenvalue weighted by atomic mass is 10.1. The van der Waals surface area contributed by atoms with Crippen molar-refractivity contribution < 1.29 is 14.7 Å². The number of carboxylic acid groups (broad SMARTS) is 1. The van der Waals surface area contributed by atoms with E-state index in [0.717, 1.165) is 24.4 Å². The summed E-state index contributed by atoms with van der Waals surface area (Å²) in [5, 5.41) is 8.81. The van der Waals surface area contributed by atoms with Gasteiger partial charge in [0.15, 0.2) is 0 Å². The molecule has 0 unspecified atom stereocenters. The normalized spacial score (nSPS) is 14.1. The van der Waals surface area contributed by atoms with Crippen molar-refractivity contribution in [1.82, 2.24) is 4.90 Å². The maximum atomic E-state index is 12.0. The van der Waals surface area contributed by atoms with E-state index in [-0.39, 0.29) is 11.5 Å². The van der Waals surface area contributed by atoms with Crippen LogP contribution in [0.1, 0.15) is 41.6 Å². The molecular formula is C16H21NO3. The van der Waals surface area contributed by atoms with Gasteiger partial charge in [0.2, 0.25) is 5.91 Å². The molecule has 108 valence electrons. The minimum Gasteiger partial charge on any atom is -0.478 e. The molecule has 4 nitrogen and oxygen atoms in total. The fourth-order valence-corrected chi connectivity index (χ4v) is 2.16. The van der Waals surface area contributed by atoms with Gasteiger partial charge in [-0.1, -0.05) is 25.0 Å². The Morgan fingerprint density at radius 2 is 1.90 bits per heavy atom. The SMILES string of the molecule is CN(CCC1CC1)C(=O)CCc1ccc(C(=O)O)cc1. The van der Waals surface area contributed by atoms with Crippen LogP contribution in [0.4, 0.5) is 0 Å². The molecule has 4 heteroatoms. The minimum absolute atomic E-state index is 0.160. The summed E-state index contributed by atoms with van der Waals surface area (Å²) >= 11 is 0. The molecule has 0 aliphatic heterocycles. The molecular weight excluding hydrogens is 254 g/mol. The van der Waals surface area contributed by atoms with Crippen LogP contribution in [0.3, 0.4) is 0 Å². The average Bonchev–Trinajstić information content (AvgIpc) is 3.26. The highest BCUT2D eigenvalue weighted by Gasteiger charge is 2.22. The van der Waals surface area contributed by atoms with Crippen molar-refractivity contribution >= 4 is 11.9 Å². The number of carboxylic acids is 1. The molecule has 0 spiro atoms. The van der Waals surface area contributed by atoms with Crippen molar-refractivity contribution in [3.63, 3.8) is 0 Å². The van der Waals surface area contributed by atoms with Gasteiger partial charge >= 0.3 is 5.97 Å². The van der Waals surface area contributed by atoms with Gasteiger partial charge in [-0.25, -0.2) is 4.79 Å². The van der Waals surface area contributed by atoms with E-state index in [9.17, 15) is 9.59 Å². The third-order valence-electron chi connectivity index (χ3n) is 3.82. The molecule has 0 saturated heterocycles. The van der Waals surface area contributed by atoms with Gasteiger partial charge in [-0.05, 0) is 36.5 Å². The Hall–Kier alpha value is -1.84. The Kier molecular flexibility index (Phi) is 4.77. The summed E-state index contributed by atoms with van der Waals surface area (Å²) in [6.07, 6.45) is 4.89. The predicted molar refractivity (Wildman–Crippen MR) is 76.7 cm³/mol. The zero-order valence-electron chi connectivity index (χ0n) is 11.8. The van der Waals surface area contributed by atoms with Gasteiger partial charge in [0, 0.05) is 20.0 Å². The van der Waals surface area contributed by atoms with Gasteiger partial charge in [0.1, 0.15) is 0 Å². The van der Waals surface area contributed by atoms with E-state index in [0.29, 0.717) is 12.8 Å². The van der Waals surface area contributed by atoms with Crippen molar-refractivity contribution in [2.75, 3.05) is 13.6 Å². The fraction of sp³-hybridized carbons (Fsp3) is 0.500. The summed E-state index contributed by atoms with van der Waals surface area (Å²) in [4.78, 5) is 24.5. The molecule has 1 aliphatic carbocycles. The molecule has 20 heavy (non-hydrogen) atoms. The second-order valence-corrected chi connectivity index (χ2v) is 5.55. The first-order chi connectivity index (χ1) is 9.56. The quantitative estimate of drug-likeness (QED) is 0.832. The molecule has 0 heterocycles. The van der Waals surface area contributed by atoms with Crippen molar-refractivity contribution in [3.05, 3.63) is 35.4 Å². The first kappa shape index (κ1) is 14.6. The first-order valence-corrected chi connectivity index (χ1v) is 7.12. The number of aryl methyl sites for hydroxylation is 1. The average molecular weight is 275 g/mol. The maximum absolute atomic E-state index is 12.0. The number of carbonyl (C=O) groups is 2. The van der Waals surface area contributed by atoms with Crippen molar-refractivity contribution in [2.24, 2.45) is 5.92 Å². The van der Waals surface area contributed by atoms with Crippen molar-refractivity contribution in [1.29, 1.82) is 0 Å². The second kappa shape index (κ2) is 6.55. The number of aromatic carboxylic acids is 1. The Balaban J connectivity index is 1.75. The molecule has 1 N–H and O–H groups in total. The van der Waals surface area contributed by atoms with E-state index < -0.39 is 5.97 Å². The standard InChI is InChI=1S/C16H21NO3/c1-17(11-10-13-2-3-13)15(18)9-6-12-4-7-14(8-5-12)16(19)20/h4-5,7-8,13H,2-3,6,9-11H2,1H3,(H,19,20). The molecule has 1 fully saturated rings. The lowest BCUT2D eigenvalue weighted by molar-refractivity contribution is -0.129. The zero-order valence-corrected chi connectivity index (χ0v) is 11.8. The van der Waals surface area contributed by atoms with Crippen LogP contribution in [-0.4, -0.2) is 35.5 Å². The summed E-state index contributed by atoms with van der Waals surface area (Å²) in [6, 6.07) is 6.72. The molecule has 2 rings (SSSR count). The number of nitrogens with zero attached hydrogens (tertiary/aromatic N) is 1. The van der Waals surface area contributed by atoms with E-state index in [1.54, 1.807) is 24.3 Å².